The second kappa shape index (κ2) is 11.4. The maximum atomic E-state index is 5.28. The summed E-state index contributed by atoms with van der Waals surface area (Å²) in [6.07, 6.45) is 0. The topological polar surface area (TPSA) is 18.5 Å². The Morgan fingerprint density at radius 1 is 0.933 bits per heavy atom. The van der Waals surface area contributed by atoms with Gasteiger partial charge in [0.15, 0.2) is 0 Å². The van der Waals surface area contributed by atoms with E-state index in [9.17, 15) is 0 Å². The van der Waals surface area contributed by atoms with E-state index in [2.05, 4.69) is 40.0 Å². The van der Waals surface area contributed by atoms with Crippen molar-refractivity contribution in [1.29, 1.82) is 0 Å². The Morgan fingerprint density at radius 3 is 1.40 bits per heavy atom. The molecule has 0 radical (unpaired) electrons. The third kappa shape index (κ3) is 8.65. The second-order valence-corrected chi connectivity index (χ2v) is 14.2. The fraction of sp³-hybridized carbons (Fsp3) is 0.400. The average Bonchev–Trinajstić information content (AvgIpc) is 2.23. The summed E-state index contributed by atoms with van der Waals surface area (Å²) in [4.78, 5) is 0. The van der Waals surface area contributed by atoms with Crippen molar-refractivity contribution in [3.05, 3.63) is 24.3 Å². The molecule has 0 spiro atoms. The first-order chi connectivity index (χ1) is 7.28. The molecule has 5 heteroatoms. The van der Waals surface area contributed by atoms with E-state index < -0.39 is 0 Å². The van der Waals surface area contributed by atoms with Crippen LogP contribution < -0.4 is 9.47 Å². The Kier molecular flexibility index (Phi) is 12.0. The molecule has 15 heavy (non-hydrogen) atoms. The van der Waals surface area contributed by atoms with Crippen LogP contribution in [-0.4, -0.2) is 13.2 Å². The van der Waals surface area contributed by atoms with Crippen molar-refractivity contribution < 1.29 is 18.9 Å². The molecule has 0 atom stereocenters. The molecule has 0 aliphatic heterocycles. The molecule has 0 aliphatic carbocycles. The first-order valence-electron chi connectivity index (χ1n) is 4.56. The van der Waals surface area contributed by atoms with Gasteiger partial charge in [0.05, 0.1) is 13.2 Å². The van der Waals surface area contributed by atoms with Crippen LogP contribution in [0.4, 0.5) is 0 Å². The van der Waals surface area contributed by atoms with Gasteiger partial charge >= 0.3 is 49.4 Å². The molecule has 0 heterocycles. The number of ether oxygens (including phenoxy) is 2. The average molecular weight is 471 g/mol. The third-order valence-electron chi connectivity index (χ3n) is 1.45. The van der Waals surface area contributed by atoms with E-state index in [1.165, 1.54) is 0 Å². The van der Waals surface area contributed by atoms with Crippen molar-refractivity contribution in [3.63, 3.8) is 0 Å². The van der Waals surface area contributed by atoms with E-state index in [0.29, 0.717) is 22.7 Å². The summed E-state index contributed by atoms with van der Waals surface area (Å²) in [5.74, 6) is 1.78. The summed E-state index contributed by atoms with van der Waals surface area (Å²) < 4.78 is 10.6. The third-order valence-corrected chi connectivity index (χ3v) is 1.45. The molecule has 0 bridgehead atoms. The van der Waals surface area contributed by atoms with Crippen molar-refractivity contribution in [1.82, 2.24) is 0 Å². The first kappa shape index (κ1) is 15.9. The summed E-state index contributed by atoms with van der Waals surface area (Å²) in [5.41, 5.74) is 0. The van der Waals surface area contributed by atoms with E-state index in [0.717, 1.165) is 11.5 Å². The zero-order chi connectivity index (χ0) is 11.5. The Balaban J connectivity index is 0.000000583. The molecule has 85 valence electrons. The van der Waals surface area contributed by atoms with Gasteiger partial charge in [-0.3, -0.25) is 0 Å². The normalized spacial score (nSPS) is 8.53. The fourth-order valence-corrected chi connectivity index (χ4v) is 0.965. The summed E-state index contributed by atoms with van der Waals surface area (Å²) in [6, 6.07) is 7.64. The molecule has 0 N–H and O–H groups in total. The van der Waals surface area contributed by atoms with E-state index in [1.54, 1.807) is 0 Å². The van der Waals surface area contributed by atoms with Gasteiger partial charge in [-0.05, 0) is 38.1 Å². The minimum absolute atomic E-state index is 0.628. The van der Waals surface area contributed by atoms with E-state index in [1.807, 2.05) is 38.1 Å². The van der Waals surface area contributed by atoms with Crippen LogP contribution >= 0.6 is 40.0 Å². The Labute approximate surface area is 120 Å². The molecule has 0 unspecified atom stereocenters. The Bertz CT molecular complexity index is 217. The molecule has 0 amide bonds. The van der Waals surface area contributed by atoms with Gasteiger partial charge in [-0.1, -0.05) is 0 Å². The van der Waals surface area contributed by atoms with Gasteiger partial charge in [0.1, 0.15) is 11.5 Å². The van der Waals surface area contributed by atoms with E-state index in [-0.39, 0.29) is 0 Å². The molecular weight excluding hydrogens is 457 g/mol. The molecule has 1 aromatic rings. The second-order valence-electron chi connectivity index (χ2n) is 2.40. The van der Waals surface area contributed by atoms with Gasteiger partial charge < -0.3 is 9.47 Å². The molecule has 0 saturated heterocycles. The molecular formula is C10H14I2O2V. The van der Waals surface area contributed by atoms with Gasteiger partial charge in [0.25, 0.3) is 0 Å². The number of rotatable bonds is 4. The van der Waals surface area contributed by atoms with Crippen LogP contribution in [0.15, 0.2) is 24.3 Å². The SMILES string of the molecule is CCOc1ccc(OCC)cc1.[I][V][I]. The van der Waals surface area contributed by atoms with Crippen LogP contribution in [0, 0.1) is 0 Å². The van der Waals surface area contributed by atoms with Gasteiger partial charge in [0, 0.05) is 0 Å². The molecule has 0 aliphatic rings. The van der Waals surface area contributed by atoms with Gasteiger partial charge in [0.2, 0.25) is 0 Å². The van der Waals surface area contributed by atoms with Crippen LogP contribution in [0.1, 0.15) is 13.8 Å². The van der Waals surface area contributed by atoms with Crippen LogP contribution in [-0.2, 0) is 9.47 Å². The van der Waals surface area contributed by atoms with E-state index >= 15 is 0 Å². The van der Waals surface area contributed by atoms with Crippen molar-refractivity contribution >= 4 is 40.0 Å². The Hall–Kier alpha value is 0.864. The van der Waals surface area contributed by atoms with Crippen LogP contribution in [0.3, 0.4) is 0 Å². The molecule has 1 aromatic carbocycles. The summed E-state index contributed by atoms with van der Waals surface area (Å²) >= 11 is 4.74. The number of hydrogen-bond donors (Lipinski definition) is 0. The van der Waals surface area contributed by atoms with Crippen molar-refractivity contribution in [2.75, 3.05) is 13.2 Å². The fourth-order valence-electron chi connectivity index (χ4n) is 0.965. The van der Waals surface area contributed by atoms with Crippen molar-refractivity contribution in [3.8, 4) is 11.5 Å². The zero-order valence-corrected chi connectivity index (χ0v) is 14.5. The number of hydrogen-bond acceptors (Lipinski definition) is 2. The minimum atomic E-state index is 0.628. The molecule has 1 rings (SSSR count). The van der Waals surface area contributed by atoms with Gasteiger partial charge in [-0.2, -0.15) is 0 Å². The van der Waals surface area contributed by atoms with Gasteiger partial charge in [-0.15, -0.1) is 0 Å². The predicted molar refractivity (Wildman–Crippen MR) is 76.8 cm³/mol. The summed E-state index contributed by atoms with van der Waals surface area (Å²) in [6.45, 7) is 5.34. The molecule has 0 aromatic heterocycles. The van der Waals surface area contributed by atoms with E-state index in [4.69, 9.17) is 9.47 Å². The predicted octanol–water partition coefficient (Wildman–Crippen LogP) is 4.25. The Morgan fingerprint density at radius 2 is 1.20 bits per heavy atom. The first-order valence-corrected chi connectivity index (χ1v) is 13.6. The summed E-state index contributed by atoms with van der Waals surface area (Å²) in [7, 11) is 0.628. The quantitative estimate of drug-likeness (QED) is 0.612. The van der Waals surface area contributed by atoms with Crippen LogP contribution in [0.5, 0.6) is 11.5 Å². The van der Waals surface area contributed by atoms with Crippen molar-refractivity contribution in [2.45, 2.75) is 13.8 Å². The van der Waals surface area contributed by atoms with Crippen LogP contribution in [0.25, 0.3) is 0 Å². The number of benzene rings is 1. The zero-order valence-electron chi connectivity index (χ0n) is 8.74. The standard InChI is InChI=1S/C10H14O2.2HI.V/c1-3-11-9-5-7-10(8-6-9)12-4-2;;;/h5-8H,3-4H2,1-2H3;2*1H;/q;;;+2/p-2. The molecule has 2 nitrogen and oxygen atoms in total. The maximum absolute atomic E-state index is 5.28. The van der Waals surface area contributed by atoms with Crippen molar-refractivity contribution in [2.24, 2.45) is 0 Å². The molecule has 0 fully saturated rings. The van der Waals surface area contributed by atoms with Gasteiger partial charge in [-0.25, -0.2) is 0 Å². The summed E-state index contributed by atoms with van der Waals surface area (Å²) in [5, 5.41) is 0. The number of halogens is 2. The monoisotopic (exact) mass is 471 g/mol. The van der Waals surface area contributed by atoms with Crippen LogP contribution in [0.2, 0.25) is 0 Å². The molecule has 0 saturated carbocycles.